The van der Waals surface area contributed by atoms with Crippen molar-refractivity contribution in [3.8, 4) is 0 Å². The van der Waals surface area contributed by atoms with E-state index in [1.165, 1.54) is 0 Å². The maximum absolute atomic E-state index is 6.54. The Bertz CT molecular complexity index is 683. The summed E-state index contributed by atoms with van der Waals surface area (Å²) in [6.45, 7) is 13.2. The van der Waals surface area contributed by atoms with E-state index in [-0.39, 0.29) is 11.5 Å². The maximum Gasteiger partial charge on any atom is 0.184 e. The second-order valence-electron chi connectivity index (χ2n) is 7.94. The normalized spacial score (nSPS) is 14.7. The summed E-state index contributed by atoms with van der Waals surface area (Å²) in [4.78, 5) is 4.11. The minimum absolute atomic E-state index is 0.0789. The number of aromatic nitrogens is 3. The average molecular weight is 364 g/mol. The molecule has 6 heteroatoms. The third-order valence-electron chi connectivity index (χ3n) is 3.39. The van der Waals surface area contributed by atoms with E-state index in [1.54, 1.807) is 17.3 Å². The van der Waals surface area contributed by atoms with Gasteiger partial charge in [-0.25, -0.2) is 9.67 Å². The van der Waals surface area contributed by atoms with E-state index < -0.39 is 8.32 Å². The van der Waals surface area contributed by atoms with Crippen LogP contribution in [-0.2, 0) is 4.43 Å². The van der Waals surface area contributed by atoms with Crippen LogP contribution < -0.4 is 0 Å². The van der Waals surface area contributed by atoms with Gasteiger partial charge in [-0.3, -0.25) is 0 Å². The Hall–Kier alpha value is -1.43. The van der Waals surface area contributed by atoms with Crippen LogP contribution in [0.4, 0.5) is 0 Å². The van der Waals surface area contributed by atoms with Crippen molar-refractivity contribution in [2.75, 3.05) is 0 Å². The second kappa shape index (κ2) is 7.21. The zero-order chi connectivity index (χ0) is 18.0. The van der Waals surface area contributed by atoms with Crippen molar-refractivity contribution in [1.29, 1.82) is 0 Å². The minimum atomic E-state index is -1.75. The highest BCUT2D eigenvalue weighted by Gasteiger charge is 2.34. The average Bonchev–Trinajstić information content (AvgIpc) is 2.96. The first-order valence-corrected chi connectivity index (χ1v) is 11.8. The van der Waals surface area contributed by atoms with Gasteiger partial charge in [-0.1, -0.05) is 44.5 Å². The number of benzene rings is 1. The first kappa shape index (κ1) is 18.9. The third kappa shape index (κ3) is 5.29. The molecule has 0 fully saturated rings. The van der Waals surface area contributed by atoms with E-state index in [4.69, 9.17) is 16.0 Å². The van der Waals surface area contributed by atoms with Crippen LogP contribution in [0.15, 0.2) is 36.9 Å². The van der Waals surface area contributed by atoms with Gasteiger partial charge in [0.1, 0.15) is 12.7 Å². The Kier molecular flexibility index (Phi) is 5.68. The molecular formula is C18H26ClN3OSi. The van der Waals surface area contributed by atoms with Gasteiger partial charge in [-0.2, -0.15) is 5.10 Å². The predicted molar refractivity (Wildman–Crippen MR) is 103 cm³/mol. The molecule has 130 valence electrons. The smallest absolute Gasteiger partial charge is 0.184 e. The van der Waals surface area contributed by atoms with E-state index in [9.17, 15) is 0 Å². The van der Waals surface area contributed by atoms with Crippen molar-refractivity contribution in [3.63, 3.8) is 0 Å². The summed E-state index contributed by atoms with van der Waals surface area (Å²) in [5.41, 5.74) is 1.95. The first-order valence-electron chi connectivity index (χ1n) is 8.06. The van der Waals surface area contributed by atoms with E-state index in [1.807, 2.05) is 24.3 Å². The largest absolute Gasteiger partial charge is 0.409 e. The molecule has 0 saturated carbocycles. The van der Waals surface area contributed by atoms with Gasteiger partial charge in [0.25, 0.3) is 0 Å². The number of halogens is 1. The molecule has 1 unspecified atom stereocenters. The van der Waals surface area contributed by atoms with Gasteiger partial charge in [0, 0.05) is 5.02 Å². The molecular weight excluding hydrogens is 338 g/mol. The highest BCUT2D eigenvalue weighted by atomic mass is 35.5. The molecule has 0 aliphatic heterocycles. The number of rotatable bonds is 5. The molecule has 0 bridgehead atoms. The monoisotopic (exact) mass is 363 g/mol. The summed E-state index contributed by atoms with van der Waals surface area (Å²) in [7, 11) is -1.75. The fourth-order valence-electron chi connectivity index (χ4n) is 2.37. The molecule has 1 atom stereocenters. The van der Waals surface area contributed by atoms with Gasteiger partial charge in [0.05, 0.1) is 11.8 Å². The topological polar surface area (TPSA) is 39.9 Å². The van der Waals surface area contributed by atoms with Crippen LogP contribution in [0.5, 0.6) is 0 Å². The summed E-state index contributed by atoms with van der Waals surface area (Å²) in [6.07, 6.45) is 5.26. The molecule has 1 aromatic heterocycles. The van der Waals surface area contributed by atoms with Crippen LogP contribution in [-0.4, -0.2) is 29.2 Å². The standard InChI is InChI=1S/C18H26ClN3OSi/c1-18(2,3)17(23-24(4,5)6)16(22-13-20-12-21-22)11-14-7-9-15(19)10-8-14/h7-13,17H,1-6H3/b16-11-. The SMILES string of the molecule is CC(C)(C)C(O[Si](C)(C)C)/C(=C/c1ccc(Cl)cc1)n1cncn1. The van der Waals surface area contributed by atoms with E-state index in [2.05, 4.69) is 56.6 Å². The zero-order valence-electron chi connectivity index (χ0n) is 15.2. The molecule has 1 aromatic carbocycles. The minimum Gasteiger partial charge on any atom is -0.409 e. The predicted octanol–water partition coefficient (Wildman–Crippen LogP) is 5.20. The van der Waals surface area contributed by atoms with Crippen molar-refractivity contribution < 1.29 is 4.43 Å². The van der Waals surface area contributed by atoms with Crippen LogP contribution in [0.1, 0.15) is 26.3 Å². The number of hydrogen-bond donors (Lipinski definition) is 0. The maximum atomic E-state index is 6.54. The highest BCUT2D eigenvalue weighted by Crippen LogP contribution is 2.34. The fraction of sp³-hybridized carbons (Fsp3) is 0.444. The number of nitrogens with zero attached hydrogens (tertiary/aromatic N) is 3. The summed E-state index contributed by atoms with van der Waals surface area (Å²) in [6, 6.07) is 7.76. The molecule has 2 aromatic rings. The highest BCUT2D eigenvalue weighted by molar-refractivity contribution is 6.69. The first-order chi connectivity index (χ1) is 11.1. The second-order valence-corrected chi connectivity index (χ2v) is 12.8. The van der Waals surface area contributed by atoms with Crippen molar-refractivity contribution in [1.82, 2.24) is 14.8 Å². The summed E-state index contributed by atoms with van der Waals surface area (Å²) in [5.74, 6) is 0. The Morgan fingerprint density at radius 1 is 1.21 bits per heavy atom. The number of hydrogen-bond acceptors (Lipinski definition) is 3. The van der Waals surface area contributed by atoms with Gasteiger partial charge in [0.2, 0.25) is 0 Å². The zero-order valence-corrected chi connectivity index (χ0v) is 17.0. The lowest BCUT2D eigenvalue weighted by molar-refractivity contribution is 0.125. The molecule has 0 N–H and O–H groups in total. The molecule has 0 aliphatic rings. The molecule has 1 heterocycles. The van der Waals surface area contributed by atoms with Gasteiger partial charge < -0.3 is 4.43 Å². The molecule has 0 radical (unpaired) electrons. The van der Waals surface area contributed by atoms with Crippen molar-refractivity contribution >= 4 is 31.7 Å². The van der Waals surface area contributed by atoms with Crippen molar-refractivity contribution in [2.45, 2.75) is 46.5 Å². The molecule has 0 spiro atoms. The molecule has 0 saturated heterocycles. The van der Waals surface area contributed by atoms with E-state index in [0.29, 0.717) is 0 Å². The van der Waals surface area contributed by atoms with Crippen LogP contribution >= 0.6 is 11.6 Å². The van der Waals surface area contributed by atoms with Crippen LogP contribution in [0.25, 0.3) is 11.8 Å². The molecule has 2 rings (SSSR count). The van der Waals surface area contributed by atoms with Gasteiger partial charge >= 0.3 is 0 Å². The van der Waals surface area contributed by atoms with Crippen LogP contribution in [0.2, 0.25) is 24.7 Å². The Labute approximate surface area is 150 Å². The lowest BCUT2D eigenvalue weighted by Crippen LogP contribution is -2.41. The lowest BCUT2D eigenvalue weighted by atomic mass is 9.86. The quantitative estimate of drug-likeness (QED) is 0.686. The van der Waals surface area contributed by atoms with Gasteiger partial charge in [-0.05, 0) is 48.8 Å². The van der Waals surface area contributed by atoms with Crippen LogP contribution in [0, 0.1) is 5.41 Å². The lowest BCUT2D eigenvalue weighted by Gasteiger charge is -2.37. The summed E-state index contributed by atoms with van der Waals surface area (Å²) < 4.78 is 8.34. The molecule has 24 heavy (non-hydrogen) atoms. The van der Waals surface area contributed by atoms with Gasteiger partial charge in [-0.15, -0.1) is 0 Å². The van der Waals surface area contributed by atoms with Gasteiger partial charge in [0.15, 0.2) is 8.32 Å². The third-order valence-corrected chi connectivity index (χ3v) is 4.59. The van der Waals surface area contributed by atoms with Crippen LogP contribution in [0.3, 0.4) is 0 Å². The molecule has 4 nitrogen and oxygen atoms in total. The van der Waals surface area contributed by atoms with E-state index in [0.717, 1.165) is 16.3 Å². The van der Waals surface area contributed by atoms with Crippen molar-refractivity contribution in [2.24, 2.45) is 5.41 Å². The summed E-state index contributed by atoms with van der Waals surface area (Å²) in [5, 5.41) is 5.06. The fourth-order valence-corrected chi connectivity index (χ4v) is 3.68. The Morgan fingerprint density at radius 3 is 2.29 bits per heavy atom. The van der Waals surface area contributed by atoms with Crippen molar-refractivity contribution in [3.05, 3.63) is 47.5 Å². The van der Waals surface area contributed by atoms with E-state index >= 15 is 0 Å². The molecule has 0 aliphatic carbocycles. The molecule has 0 amide bonds. The Balaban J connectivity index is 2.53. The Morgan fingerprint density at radius 2 is 1.83 bits per heavy atom. The summed E-state index contributed by atoms with van der Waals surface area (Å²) >= 11 is 6.00.